The number of hydrogen-bond acceptors (Lipinski definition) is 6. The summed E-state index contributed by atoms with van der Waals surface area (Å²) in [7, 11) is 0. The minimum atomic E-state index is -0.393. The Labute approximate surface area is 111 Å². The molecule has 100 valence electrons. The second kappa shape index (κ2) is 5.60. The van der Waals surface area contributed by atoms with Crippen LogP contribution in [0.3, 0.4) is 0 Å². The van der Waals surface area contributed by atoms with Crippen LogP contribution in [0, 0.1) is 6.92 Å². The van der Waals surface area contributed by atoms with E-state index in [4.69, 9.17) is 4.74 Å². The van der Waals surface area contributed by atoms with Gasteiger partial charge < -0.3 is 10.1 Å². The Kier molecular flexibility index (Phi) is 3.89. The second-order valence-corrected chi connectivity index (χ2v) is 3.93. The largest absolute Gasteiger partial charge is 0.462 e. The molecule has 0 atom stereocenters. The topological polar surface area (TPSA) is 77.0 Å². The zero-order valence-electron chi connectivity index (χ0n) is 11.2. The van der Waals surface area contributed by atoms with Crippen molar-refractivity contribution >= 4 is 22.8 Å². The summed E-state index contributed by atoms with van der Waals surface area (Å²) in [6.07, 6.45) is 3.16. The molecule has 0 fully saturated rings. The molecule has 0 unspecified atom stereocenters. The van der Waals surface area contributed by atoms with Gasteiger partial charge in [0.05, 0.1) is 18.0 Å². The van der Waals surface area contributed by atoms with Gasteiger partial charge in [0, 0.05) is 18.9 Å². The first-order valence-corrected chi connectivity index (χ1v) is 6.21. The van der Waals surface area contributed by atoms with Gasteiger partial charge in [0.1, 0.15) is 11.1 Å². The van der Waals surface area contributed by atoms with Gasteiger partial charge >= 0.3 is 5.97 Å². The molecule has 2 rings (SSSR count). The highest BCUT2D eigenvalue weighted by Gasteiger charge is 2.20. The first kappa shape index (κ1) is 13.2. The summed E-state index contributed by atoms with van der Waals surface area (Å²) in [5.41, 5.74) is 2.75. The highest BCUT2D eigenvalue weighted by molar-refractivity contribution is 6.03. The molecule has 19 heavy (non-hydrogen) atoms. The number of nitrogens with one attached hydrogen (secondary N) is 1. The molecule has 0 radical (unpaired) electrons. The van der Waals surface area contributed by atoms with Gasteiger partial charge in [-0.2, -0.15) is 0 Å². The van der Waals surface area contributed by atoms with Crippen LogP contribution in [0.25, 0.3) is 11.2 Å². The van der Waals surface area contributed by atoms with Crippen molar-refractivity contribution in [3.63, 3.8) is 0 Å². The van der Waals surface area contributed by atoms with E-state index >= 15 is 0 Å². The molecule has 6 nitrogen and oxygen atoms in total. The zero-order chi connectivity index (χ0) is 13.8. The third kappa shape index (κ3) is 2.47. The molecule has 0 aliphatic carbocycles. The number of ether oxygens (including phenoxy) is 1. The predicted octanol–water partition coefficient (Wildman–Crippen LogP) is 1.94. The molecule has 0 amide bonds. The number of fused-ring (bicyclic) bond motifs is 1. The Balaban J connectivity index is 2.69. The molecule has 1 N–H and O–H groups in total. The van der Waals surface area contributed by atoms with Crippen LogP contribution in [0.15, 0.2) is 12.4 Å². The standard InChI is InChI=1S/C13H16N4O2/c1-4-14-10-9(13(18)19-5-2)8(3)17-12-11(10)15-6-7-16-12/h6-7H,4-5H2,1-3H3,(H,14,16,17). The number of nitrogens with zero attached hydrogens (tertiary/aromatic N) is 3. The lowest BCUT2D eigenvalue weighted by molar-refractivity contribution is 0.0526. The van der Waals surface area contributed by atoms with E-state index in [-0.39, 0.29) is 0 Å². The zero-order valence-corrected chi connectivity index (χ0v) is 11.2. The second-order valence-electron chi connectivity index (χ2n) is 3.93. The van der Waals surface area contributed by atoms with Gasteiger partial charge in [-0.05, 0) is 20.8 Å². The number of aryl methyl sites for hydroxylation is 1. The van der Waals surface area contributed by atoms with Crippen molar-refractivity contribution in [1.82, 2.24) is 15.0 Å². The van der Waals surface area contributed by atoms with Crippen molar-refractivity contribution in [2.45, 2.75) is 20.8 Å². The summed E-state index contributed by atoms with van der Waals surface area (Å²) in [5.74, 6) is -0.393. The Morgan fingerprint density at radius 1 is 1.32 bits per heavy atom. The average molecular weight is 260 g/mol. The summed E-state index contributed by atoms with van der Waals surface area (Å²) >= 11 is 0. The number of anilines is 1. The van der Waals surface area contributed by atoms with Crippen molar-refractivity contribution < 1.29 is 9.53 Å². The summed E-state index contributed by atoms with van der Waals surface area (Å²) in [5, 5.41) is 3.16. The van der Waals surface area contributed by atoms with E-state index in [1.54, 1.807) is 26.2 Å². The van der Waals surface area contributed by atoms with Crippen molar-refractivity contribution in [2.24, 2.45) is 0 Å². The first-order chi connectivity index (χ1) is 9.19. The average Bonchev–Trinajstić information content (AvgIpc) is 2.39. The third-order valence-electron chi connectivity index (χ3n) is 2.63. The molecule has 0 aliphatic rings. The number of hydrogen-bond donors (Lipinski definition) is 1. The maximum atomic E-state index is 12.1. The fraction of sp³-hybridized carbons (Fsp3) is 0.385. The predicted molar refractivity (Wildman–Crippen MR) is 72.2 cm³/mol. The third-order valence-corrected chi connectivity index (χ3v) is 2.63. The molecule has 6 heteroatoms. The van der Waals surface area contributed by atoms with Crippen molar-refractivity contribution in [3.8, 4) is 0 Å². The fourth-order valence-electron chi connectivity index (χ4n) is 1.90. The number of carbonyl (C=O) groups excluding carboxylic acids is 1. The molecule has 0 aliphatic heterocycles. The molecule has 0 saturated heterocycles. The van der Waals surface area contributed by atoms with Gasteiger partial charge in [-0.1, -0.05) is 0 Å². The normalized spacial score (nSPS) is 10.5. The van der Waals surface area contributed by atoms with Gasteiger partial charge in [-0.3, -0.25) is 0 Å². The van der Waals surface area contributed by atoms with Crippen molar-refractivity contribution in [1.29, 1.82) is 0 Å². The number of rotatable bonds is 4. The summed E-state index contributed by atoms with van der Waals surface area (Å²) in [6.45, 7) is 6.48. The smallest absolute Gasteiger partial charge is 0.342 e. The molecule has 2 heterocycles. The number of aromatic nitrogens is 3. The van der Waals surface area contributed by atoms with E-state index < -0.39 is 5.97 Å². The number of pyridine rings is 1. The van der Waals surface area contributed by atoms with E-state index in [9.17, 15) is 4.79 Å². The Bertz CT molecular complexity index is 613. The summed E-state index contributed by atoms with van der Waals surface area (Å²) < 4.78 is 5.08. The molecular weight excluding hydrogens is 244 g/mol. The summed E-state index contributed by atoms with van der Waals surface area (Å²) in [4.78, 5) is 24.8. The van der Waals surface area contributed by atoms with Crippen molar-refractivity contribution in [3.05, 3.63) is 23.7 Å². The van der Waals surface area contributed by atoms with Gasteiger partial charge in [0.2, 0.25) is 0 Å². The maximum Gasteiger partial charge on any atom is 0.342 e. The van der Waals surface area contributed by atoms with Gasteiger partial charge in [-0.15, -0.1) is 0 Å². The molecule has 2 aromatic rings. The Morgan fingerprint density at radius 3 is 2.74 bits per heavy atom. The van der Waals surface area contributed by atoms with Gasteiger partial charge in [0.15, 0.2) is 5.65 Å². The minimum Gasteiger partial charge on any atom is -0.462 e. The van der Waals surface area contributed by atoms with Crippen LogP contribution in [-0.4, -0.2) is 34.1 Å². The van der Waals surface area contributed by atoms with E-state index in [0.717, 1.165) is 0 Å². The van der Waals surface area contributed by atoms with Gasteiger partial charge in [-0.25, -0.2) is 19.7 Å². The van der Waals surface area contributed by atoms with E-state index in [1.165, 1.54) is 0 Å². The number of carbonyl (C=O) groups is 1. The molecule has 2 aromatic heterocycles. The summed E-state index contributed by atoms with van der Waals surface area (Å²) in [6, 6.07) is 0. The highest BCUT2D eigenvalue weighted by Crippen LogP contribution is 2.26. The molecule has 0 saturated carbocycles. The van der Waals surface area contributed by atoms with E-state index in [0.29, 0.717) is 41.3 Å². The molecule has 0 aromatic carbocycles. The van der Waals surface area contributed by atoms with Crippen molar-refractivity contribution in [2.75, 3.05) is 18.5 Å². The Morgan fingerprint density at radius 2 is 2.05 bits per heavy atom. The Hall–Kier alpha value is -2.24. The maximum absolute atomic E-state index is 12.1. The molecular formula is C13H16N4O2. The molecule has 0 bridgehead atoms. The van der Waals surface area contributed by atoms with Crippen LogP contribution < -0.4 is 5.32 Å². The molecule has 0 spiro atoms. The number of esters is 1. The van der Waals surface area contributed by atoms with E-state index in [2.05, 4.69) is 20.3 Å². The van der Waals surface area contributed by atoms with E-state index in [1.807, 2.05) is 6.92 Å². The lowest BCUT2D eigenvalue weighted by Gasteiger charge is -2.13. The van der Waals surface area contributed by atoms with Gasteiger partial charge in [0.25, 0.3) is 0 Å². The van der Waals surface area contributed by atoms with Crippen LogP contribution in [-0.2, 0) is 4.74 Å². The van der Waals surface area contributed by atoms with Crippen LogP contribution in [0.2, 0.25) is 0 Å². The van der Waals surface area contributed by atoms with Crippen LogP contribution in [0.1, 0.15) is 29.9 Å². The lowest BCUT2D eigenvalue weighted by Crippen LogP contribution is -2.14. The van der Waals surface area contributed by atoms with Crippen LogP contribution in [0.5, 0.6) is 0 Å². The first-order valence-electron chi connectivity index (χ1n) is 6.21. The van der Waals surface area contributed by atoms with Crippen LogP contribution in [0.4, 0.5) is 5.69 Å². The quantitative estimate of drug-likeness (QED) is 0.846. The SMILES string of the molecule is CCNc1c(C(=O)OCC)c(C)nc2nccnc12. The van der Waals surface area contributed by atoms with Crippen LogP contribution >= 0.6 is 0 Å². The highest BCUT2D eigenvalue weighted by atomic mass is 16.5. The monoisotopic (exact) mass is 260 g/mol. The lowest BCUT2D eigenvalue weighted by atomic mass is 10.1. The minimum absolute atomic E-state index is 0.322. The fourth-order valence-corrected chi connectivity index (χ4v) is 1.90.